The van der Waals surface area contributed by atoms with Crippen molar-refractivity contribution >= 4 is 29.9 Å². The maximum atomic E-state index is 12.7. The summed E-state index contributed by atoms with van der Waals surface area (Å²) in [6, 6.07) is 4.88. The third kappa shape index (κ3) is 7.73. The number of aliphatic imine (C=N–C) groups is 1. The Kier molecular flexibility index (Phi) is 10.2. The summed E-state index contributed by atoms with van der Waals surface area (Å²) >= 11 is 0. The average Bonchev–Trinajstić information content (AvgIpc) is 3.06. The van der Waals surface area contributed by atoms with Crippen LogP contribution in [0.25, 0.3) is 0 Å². The number of hydrogen-bond donors (Lipinski definition) is 1. The molecule has 1 aromatic carbocycles. The van der Waals surface area contributed by atoms with Crippen LogP contribution in [-0.4, -0.2) is 57.4 Å². The SMILES string of the molecule is CCNC(=NCCOc1cccc(C(F)(F)F)c1)N1CCC(COC)C1.I. The predicted molar refractivity (Wildman–Crippen MR) is 110 cm³/mol. The number of methoxy groups -OCH3 is 1. The van der Waals surface area contributed by atoms with Gasteiger partial charge in [-0.05, 0) is 31.5 Å². The van der Waals surface area contributed by atoms with E-state index in [1.165, 1.54) is 12.1 Å². The number of likely N-dealkylation sites (tertiary alicyclic amines) is 1. The Morgan fingerprint density at radius 2 is 2.15 bits per heavy atom. The molecule has 154 valence electrons. The molecular weight excluding hydrogens is 474 g/mol. The van der Waals surface area contributed by atoms with Gasteiger partial charge in [-0.25, -0.2) is 4.99 Å². The van der Waals surface area contributed by atoms with Crippen molar-refractivity contribution in [3.8, 4) is 5.75 Å². The Morgan fingerprint density at radius 3 is 2.81 bits per heavy atom. The zero-order chi connectivity index (χ0) is 19.0. The molecule has 0 spiro atoms. The quantitative estimate of drug-likeness (QED) is 0.268. The molecule has 1 N–H and O–H groups in total. The molecule has 2 rings (SSSR count). The Bertz CT molecular complexity index is 599. The predicted octanol–water partition coefficient (Wildman–Crippen LogP) is 3.64. The zero-order valence-corrected chi connectivity index (χ0v) is 17.9. The van der Waals surface area contributed by atoms with Crippen LogP contribution in [0.5, 0.6) is 5.75 Å². The Hall–Kier alpha value is -1.23. The van der Waals surface area contributed by atoms with Crippen LogP contribution in [0, 0.1) is 5.92 Å². The fourth-order valence-corrected chi connectivity index (χ4v) is 2.90. The van der Waals surface area contributed by atoms with Gasteiger partial charge in [0, 0.05) is 32.7 Å². The Balaban J connectivity index is 0.00000364. The lowest BCUT2D eigenvalue weighted by Crippen LogP contribution is -2.40. The molecule has 1 aliphatic heterocycles. The van der Waals surface area contributed by atoms with Crippen molar-refractivity contribution < 1.29 is 22.6 Å². The van der Waals surface area contributed by atoms with Crippen molar-refractivity contribution in [1.29, 1.82) is 0 Å². The molecule has 1 aliphatic rings. The molecule has 0 radical (unpaired) electrons. The molecule has 1 fully saturated rings. The number of rotatable bonds is 7. The van der Waals surface area contributed by atoms with Crippen molar-refractivity contribution in [2.75, 3.05) is 46.5 Å². The van der Waals surface area contributed by atoms with Gasteiger partial charge < -0.3 is 19.7 Å². The molecule has 0 aliphatic carbocycles. The van der Waals surface area contributed by atoms with Crippen molar-refractivity contribution in [3.63, 3.8) is 0 Å². The summed E-state index contributed by atoms with van der Waals surface area (Å²) in [5, 5.41) is 3.25. The number of halogens is 4. The van der Waals surface area contributed by atoms with E-state index in [0.29, 0.717) is 12.5 Å². The summed E-state index contributed by atoms with van der Waals surface area (Å²) in [5.74, 6) is 1.49. The number of guanidine groups is 1. The number of alkyl halides is 3. The highest BCUT2D eigenvalue weighted by Gasteiger charge is 2.30. The van der Waals surface area contributed by atoms with E-state index in [9.17, 15) is 13.2 Å². The van der Waals surface area contributed by atoms with Gasteiger partial charge in [0.1, 0.15) is 12.4 Å². The van der Waals surface area contributed by atoms with Crippen molar-refractivity contribution in [2.45, 2.75) is 19.5 Å². The molecule has 1 unspecified atom stereocenters. The number of nitrogens with zero attached hydrogens (tertiary/aromatic N) is 2. The summed E-state index contributed by atoms with van der Waals surface area (Å²) in [4.78, 5) is 6.70. The van der Waals surface area contributed by atoms with E-state index in [0.717, 1.165) is 50.8 Å². The highest BCUT2D eigenvalue weighted by Crippen LogP contribution is 2.31. The highest BCUT2D eigenvalue weighted by molar-refractivity contribution is 14.0. The lowest BCUT2D eigenvalue weighted by molar-refractivity contribution is -0.137. The number of benzene rings is 1. The normalized spacial score (nSPS) is 17.6. The largest absolute Gasteiger partial charge is 0.492 e. The van der Waals surface area contributed by atoms with Crippen LogP contribution >= 0.6 is 24.0 Å². The van der Waals surface area contributed by atoms with E-state index < -0.39 is 11.7 Å². The van der Waals surface area contributed by atoms with Gasteiger partial charge in [-0.1, -0.05) is 6.07 Å². The maximum absolute atomic E-state index is 12.7. The second-order valence-corrected chi connectivity index (χ2v) is 6.17. The fraction of sp³-hybridized carbons (Fsp3) is 0.611. The molecule has 1 heterocycles. The monoisotopic (exact) mass is 501 g/mol. The first-order valence-electron chi connectivity index (χ1n) is 8.76. The molecule has 0 aromatic heterocycles. The minimum Gasteiger partial charge on any atom is -0.492 e. The first-order chi connectivity index (χ1) is 12.4. The maximum Gasteiger partial charge on any atom is 0.416 e. The van der Waals surface area contributed by atoms with Gasteiger partial charge in [0.2, 0.25) is 0 Å². The summed E-state index contributed by atoms with van der Waals surface area (Å²) in [6.45, 7) is 5.85. The molecule has 27 heavy (non-hydrogen) atoms. The lowest BCUT2D eigenvalue weighted by atomic mass is 10.1. The zero-order valence-electron chi connectivity index (χ0n) is 15.6. The van der Waals surface area contributed by atoms with Gasteiger partial charge in [-0.3, -0.25) is 0 Å². The second-order valence-electron chi connectivity index (χ2n) is 6.17. The highest BCUT2D eigenvalue weighted by atomic mass is 127. The molecule has 1 saturated heterocycles. The van der Waals surface area contributed by atoms with E-state index in [1.807, 2.05) is 6.92 Å². The van der Waals surface area contributed by atoms with Crippen LogP contribution in [0.2, 0.25) is 0 Å². The summed E-state index contributed by atoms with van der Waals surface area (Å²) < 4.78 is 48.7. The number of nitrogens with one attached hydrogen (secondary N) is 1. The fourth-order valence-electron chi connectivity index (χ4n) is 2.90. The van der Waals surface area contributed by atoms with Crippen LogP contribution in [-0.2, 0) is 10.9 Å². The summed E-state index contributed by atoms with van der Waals surface area (Å²) in [5.41, 5.74) is -0.715. The Labute approximate surface area is 175 Å². The van der Waals surface area contributed by atoms with Gasteiger partial charge in [-0.2, -0.15) is 13.2 Å². The van der Waals surface area contributed by atoms with E-state index in [4.69, 9.17) is 9.47 Å². The third-order valence-corrected chi connectivity index (χ3v) is 4.11. The van der Waals surface area contributed by atoms with E-state index in [-0.39, 0.29) is 36.3 Å². The van der Waals surface area contributed by atoms with E-state index in [2.05, 4.69) is 15.2 Å². The molecule has 1 atom stereocenters. The molecule has 0 saturated carbocycles. The Morgan fingerprint density at radius 1 is 1.37 bits per heavy atom. The topological polar surface area (TPSA) is 46.1 Å². The molecule has 5 nitrogen and oxygen atoms in total. The van der Waals surface area contributed by atoms with Gasteiger partial charge in [0.05, 0.1) is 18.7 Å². The minimum absolute atomic E-state index is 0. The van der Waals surface area contributed by atoms with Crippen molar-refractivity contribution in [3.05, 3.63) is 29.8 Å². The molecule has 0 bridgehead atoms. The first kappa shape index (κ1) is 23.8. The van der Waals surface area contributed by atoms with Crippen LogP contribution in [0.4, 0.5) is 13.2 Å². The standard InChI is InChI=1S/C18H26F3N3O2.HI/c1-3-22-17(24-9-7-14(12-24)13-25-2)23-8-10-26-16-6-4-5-15(11-16)18(19,20)21;/h4-6,11,14H,3,7-10,12-13H2,1-2H3,(H,22,23);1H. The smallest absolute Gasteiger partial charge is 0.416 e. The van der Waals surface area contributed by atoms with Crippen molar-refractivity contribution in [2.24, 2.45) is 10.9 Å². The molecule has 0 amide bonds. The van der Waals surface area contributed by atoms with Crippen LogP contribution < -0.4 is 10.1 Å². The average molecular weight is 501 g/mol. The first-order valence-corrected chi connectivity index (χ1v) is 8.76. The van der Waals surface area contributed by atoms with Gasteiger partial charge in [0.25, 0.3) is 0 Å². The second kappa shape index (κ2) is 11.6. The van der Waals surface area contributed by atoms with Crippen LogP contribution in [0.15, 0.2) is 29.3 Å². The summed E-state index contributed by atoms with van der Waals surface area (Å²) in [7, 11) is 1.70. The number of hydrogen-bond acceptors (Lipinski definition) is 3. The van der Waals surface area contributed by atoms with Gasteiger partial charge in [0.15, 0.2) is 5.96 Å². The number of ether oxygens (including phenoxy) is 2. The molecule has 1 aromatic rings. The van der Waals surface area contributed by atoms with Crippen LogP contribution in [0.1, 0.15) is 18.9 Å². The van der Waals surface area contributed by atoms with E-state index >= 15 is 0 Å². The summed E-state index contributed by atoms with van der Waals surface area (Å²) in [6.07, 6.45) is -3.32. The van der Waals surface area contributed by atoms with E-state index in [1.54, 1.807) is 7.11 Å². The minimum atomic E-state index is -4.37. The van der Waals surface area contributed by atoms with Crippen molar-refractivity contribution in [1.82, 2.24) is 10.2 Å². The molecular formula is C18H27F3IN3O2. The van der Waals surface area contributed by atoms with Gasteiger partial charge in [-0.15, -0.1) is 24.0 Å². The van der Waals surface area contributed by atoms with Gasteiger partial charge >= 0.3 is 6.18 Å². The lowest BCUT2D eigenvalue weighted by Gasteiger charge is -2.21. The third-order valence-electron chi connectivity index (χ3n) is 4.11. The molecule has 9 heteroatoms. The van der Waals surface area contributed by atoms with Crippen LogP contribution in [0.3, 0.4) is 0 Å².